The first kappa shape index (κ1) is 14.4. The molecule has 2 rings (SSSR count). The first-order valence-electron chi connectivity index (χ1n) is 5.29. The highest BCUT2D eigenvalue weighted by molar-refractivity contribution is 9.11. The second-order valence-electron chi connectivity index (χ2n) is 3.79. The molecule has 0 spiro atoms. The van der Waals surface area contributed by atoms with Gasteiger partial charge in [-0.05, 0) is 62.2 Å². The molecule has 0 heterocycles. The summed E-state index contributed by atoms with van der Waals surface area (Å²) < 4.78 is 1.33. The molecule has 0 atom stereocenters. The molecule has 0 aromatic heterocycles. The highest BCUT2D eigenvalue weighted by Crippen LogP contribution is 2.28. The third-order valence-electron chi connectivity index (χ3n) is 2.45. The summed E-state index contributed by atoms with van der Waals surface area (Å²) in [5.41, 5.74) is 7.33. The highest BCUT2D eigenvalue weighted by atomic mass is 79.9. The molecule has 0 unspecified atom stereocenters. The maximum Gasteiger partial charge on any atom is 0.256 e. The van der Waals surface area contributed by atoms with E-state index in [2.05, 4.69) is 37.2 Å². The van der Waals surface area contributed by atoms with Crippen molar-refractivity contribution in [2.45, 2.75) is 0 Å². The van der Waals surface area contributed by atoms with Gasteiger partial charge in [-0.2, -0.15) is 0 Å². The van der Waals surface area contributed by atoms with Crippen LogP contribution in [0, 0.1) is 0 Å². The Kier molecular flexibility index (Phi) is 4.50. The average molecular weight is 404 g/mol. The van der Waals surface area contributed by atoms with Crippen LogP contribution in [-0.2, 0) is 0 Å². The molecule has 3 N–H and O–H groups in total. The van der Waals surface area contributed by atoms with E-state index < -0.39 is 0 Å². The van der Waals surface area contributed by atoms with Crippen molar-refractivity contribution in [2.24, 2.45) is 0 Å². The molecule has 0 aliphatic carbocycles. The SMILES string of the molecule is Nc1cccc(C(=O)Nc2cc(Cl)ccc2Br)c1Br. The number of carbonyl (C=O) groups excluding carboxylic acids is 1. The summed E-state index contributed by atoms with van der Waals surface area (Å²) in [6.07, 6.45) is 0. The molecule has 0 saturated heterocycles. The Hall–Kier alpha value is -1.04. The summed E-state index contributed by atoms with van der Waals surface area (Å²) in [6, 6.07) is 10.3. The van der Waals surface area contributed by atoms with Gasteiger partial charge in [-0.25, -0.2) is 0 Å². The predicted octanol–water partition coefficient (Wildman–Crippen LogP) is 4.70. The minimum Gasteiger partial charge on any atom is -0.398 e. The molecule has 2 aromatic rings. The zero-order valence-corrected chi connectivity index (χ0v) is 13.5. The lowest BCUT2D eigenvalue weighted by atomic mass is 10.2. The fourth-order valence-corrected chi connectivity index (χ4v) is 2.47. The van der Waals surface area contributed by atoms with E-state index in [4.69, 9.17) is 17.3 Å². The minimum atomic E-state index is -0.262. The lowest BCUT2D eigenvalue weighted by Crippen LogP contribution is -2.13. The summed E-state index contributed by atoms with van der Waals surface area (Å²) in [6.45, 7) is 0. The van der Waals surface area contributed by atoms with Crippen LogP contribution in [0.3, 0.4) is 0 Å². The molecule has 3 nitrogen and oxygen atoms in total. The van der Waals surface area contributed by atoms with E-state index in [9.17, 15) is 4.79 Å². The Bertz CT molecular complexity index is 647. The topological polar surface area (TPSA) is 55.1 Å². The van der Waals surface area contributed by atoms with E-state index in [1.54, 1.807) is 36.4 Å². The van der Waals surface area contributed by atoms with E-state index in [1.165, 1.54) is 0 Å². The second-order valence-corrected chi connectivity index (χ2v) is 5.87. The van der Waals surface area contributed by atoms with E-state index in [1.807, 2.05) is 0 Å². The standard InChI is InChI=1S/C13H9Br2ClN2O/c14-9-5-4-7(16)6-11(9)18-13(19)8-2-1-3-10(17)12(8)15/h1-6H,17H2,(H,18,19). The van der Waals surface area contributed by atoms with Crippen LogP contribution in [0.2, 0.25) is 5.02 Å². The largest absolute Gasteiger partial charge is 0.398 e. The number of carbonyl (C=O) groups is 1. The predicted molar refractivity (Wildman–Crippen MR) is 85.7 cm³/mol. The summed E-state index contributed by atoms with van der Waals surface area (Å²) in [7, 11) is 0. The van der Waals surface area contributed by atoms with Gasteiger partial charge in [0.05, 0.1) is 15.7 Å². The third-order valence-corrected chi connectivity index (χ3v) is 4.26. The molecule has 0 fully saturated rings. The number of hydrogen-bond donors (Lipinski definition) is 2. The number of nitrogen functional groups attached to an aromatic ring is 1. The van der Waals surface area contributed by atoms with Gasteiger partial charge in [-0.15, -0.1) is 0 Å². The Labute approximate surface area is 132 Å². The van der Waals surface area contributed by atoms with Gasteiger partial charge in [-0.1, -0.05) is 17.7 Å². The average Bonchev–Trinajstić information content (AvgIpc) is 2.37. The maximum atomic E-state index is 12.2. The molecule has 6 heteroatoms. The van der Waals surface area contributed by atoms with E-state index in [-0.39, 0.29) is 5.91 Å². The number of nitrogens with one attached hydrogen (secondary N) is 1. The summed E-state index contributed by atoms with van der Waals surface area (Å²) in [4.78, 5) is 12.2. The van der Waals surface area contributed by atoms with Crippen LogP contribution in [0.5, 0.6) is 0 Å². The monoisotopic (exact) mass is 402 g/mol. The zero-order valence-electron chi connectivity index (χ0n) is 9.58. The van der Waals surface area contributed by atoms with Crippen LogP contribution < -0.4 is 11.1 Å². The third kappa shape index (κ3) is 3.29. The number of rotatable bonds is 2. The van der Waals surface area contributed by atoms with Crippen LogP contribution in [-0.4, -0.2) is 5.91 Å². The number of hydrogen-bond acceptors (Lipinski definition) is 2. The Morgan fingerprint density at radius 3 is 2.68 bits per heavy atom. The number of anilines is 2. The Balaban J connectivity index is 2.31. The van der Waals surface area contributed by atoms with Gasteiger partial charge in [0.1, 0.15) is 0 Å². The van der Waals surface area contributed by atoms with Crippen molar-refractivity contribution in [1.29, 1.82) is 0 Å². The van der Waals surface area contributed by atoms with Gasteiger partial charge < -0.3 is 11.1 Å². The summed E-state index contributed by atoms with van der Waals surface area (Å²) >= 11 is 12.6. The first-order chi connectivity index (χ1) is 8.99. The minimum absolute atomic E-state index is 0.262. The van der Waals surface area contributed by atoms with Crippen LogP contribution in [0.4, 0.5) is 11.4 Å². The van der Waals surface area contributed by atoms with E-state index in [0.29, 0.717) is 26.4 Å². The quantitative estimate of drug-likeness (QED) is 0.713. The number of benzene rings is 2. The maximum absolute atomic E-state index is 12.2. The first-order valence-corrected chi connectivity index (χ1v) is 7.26. The van der Waals surface area contributed by atoms with Crippen molar-refractivity contribution in [3.63, 3.8) is 0 Å². The smallest absolute Gasteiger partial charge is 0.256 e. The molecule has 19 heavy (non-hydrogen) atoms. The molecular formula is C13H9Br2ClN2O. The highest BCUT2D eigenvalue weighted by Gasteiger charge is 2.13. The molecule has 2 aromatic carbocycles. The molecule has 0 radical (unpaired) electrons. The van der Waals surface area contributed by atoms with Gasteiger partial charge in [0.25, 0.3) is 5.91 Å². The normalized spacial score (nSPS) is 10.3. The molecular weight excluding hydrogens is 395 g/mol. The molecule has 0 saturated carbocycles. The Morgan fingerprint density at radius 2 is 1.95 bits per heavy atom. The fraction of sp³-hybridized carbons (Fsp3) is 0. The number of nitrogens with two attached hydrogens (primary N) is 1. The van der Waals surface area contributed by atoms with Gasteiger partial charge in [0, 0.05) is 15.2 Å². The lowest BCUT2D eigenvalue weighted by molar-refractivity contribution is 0.102. The van der Waals surface area contributed by atoms with Gasteiger partial charge in [0.2, 0.25) is 0 Å². The Morgan fingerprint density at radius 1 is 1.21 bits per heavy atom. The van der Waals surface area contributed by atoms with Crippen molar-refractivity contribution >= 4 is 60.7 Å². The summed E-state index contributed by atoms with van der Waals surface area (Å²) in [5, 5.41) is 3.33. The van der Waals surface area contributed by atoms with Crippen molar-refractivity contribution in [3.05, 3.63) is 55.9 Å². The number of amides is 1. The zero-order chi connectivity index (χ0) is 14.0. The lowest BCUT2D eigenvalue weighted by Gasteiger charge is -2.10. The van der Waals surface area contributed by atoms with Crippen LogP contribution in [0.15, 0.2) is 45.3 Å². The fourth-order valence-electron chi connectivity index (χ4n) is 1.51. The van der Waals surface area contributed by atoms with Crippen molar-refractivity contribution in [3.8, 4) is 0 Å². The van der Waals surface area contributed by atoms with Crippen molar-refractivity contribution < 1.29 is 4.79 Å². The summed E-state index contributed by atoms with van der Waals surface area (Å²) in [5.74, 6) is -0.262. The van der Waals surface area contributed by atoms with Gasteiger partial charge in [-0.3, -0.25) is 4.79 Å². The van der Waals surface area contributed by atoms with Crippen molar-refractivity contribution in [2.75, 3.05) is 11.1 Å². The second kappa shape index (κ2) is 5.94. The van der Waals surface area contributed by atoms with Crippen molar-refractivity contribution in [1.82, 2.24) is 0 Å². The number of halogens is 3. The van der Waals surface area contributed by atoms with E-state index in [0.717, 1.165) is 4.47 Å². The van der Waals surface area contributed by atoms with Crippen LogP contribution in [0.25, 0.3) is 0 Å². The van der Waals surface area contributed by atoms with E-state index >= 15 is 0 Å². The molecule has 0 aliphatic heterocycles. The van der Waals surface area contributed by atoms with Crippen LogP contribution in [0.1, 0.15) is 10.4 Å². The molecule has 98 valence electrons. The van der Waals surface area contributed by atoms with Gasteiger partial charge in [0.15, 0.2) is 0 Å². The molecule has 1 amide bonds. The van der Waals surface area contributed by atoms with Gasteiger partial charge >= 0.3 is 0 Å². The molecule has 0 aliphatic rings. The molecule has 0 bridgehead atoms. The van der Waals surface area contributed by atoms with Crippen LogP contribution >= 0.6 is 43.5 Å².